The maximum Gasteiger partial charge on any atom is 0.231 e. The highest BCUT2D eigenvalue weighted by molar-refractivity contribution is 5.94. The van der Waals surface area contributed by atoms with E-state index in [0.29, 0.717) is 42.1 Å². The molecule has 0 spiro atoms. The largest absolute Gasteiger partial charge is 0.489 e. The first kappa shape index (κ1) is 26.2. The number of aromatic nitrogens is 4. The number of likely N-dealkylation sites (tertiary alicyclic amines) is 1. The van der Waals surface area contributed by atoms with Gasteiger partial charge >= 0.3 is 0 Å². The van der Waals surface area contributed by atoms with Crippen molar-refractivity contribution in [2.75, 3.05) is 50.6 Å². The minimum atomic E-state index is -0.137. The fraction of sp³-hybridized carbons (Fsp3) is 0.387. The van der Waals surface area contributed by atoms with Gasteiger partial charge in [0.25, 0.3) is 0 Å². The monoisotopic (exact) mass is 564 g/mol. The fourth-order valence-corrected chi connectivity index (χ4v) is 6.61. The van der Waals surface area contributed by atoms with Crippen molar-refractivity contribution < 1.29 is 14.3 Å². The number of methoxy groups -OCH3 is 1. The first-order chi connectivity index (χ1) is 20.5. The Labute approximate surface area is 243 Å². The summed E-state index contributed by atoms with van der Waals surface area (Å²) in [5.41, 5.74) is 3.60. The lowest BCUT2D eigenvalue weighted by Crippen LogP contribution is -2.52. The second-order valence-electron chi connectivity index (χ2n) is 11.6. The number of rotatable bonds is 7. The number of carbonyl (C=O) groups is 1. The number of hydrogen-bond donors (Lipinski definition) is 1. The van der Waals surface area contributed by atoms with Gasteiger partial charge in [-0.25, -0.2) is 14.5 Å². The van der Waals surface area contributed by atoms with Crippen LogP contribution in [0.15, 0.2) is 55.1 Å². The van der Waals surface area contributed by atoms with E-state index >= 15 is 0 Å². The summed E-state index contributed by atoms with van der Waals surface area (Å²) < 4.78 is 13.3. The van der Waals surface area contributed by atoms with Gasteiger partial charge in [-0.2, -0.15) is 10.4 Å². The van der Waals surface area contributed by atoms with Gasteiger partial charge in [-0.3, -0.25) is 4.79 Å². The van der Waals surface area contributed by atoms with Crippen molar-refractivity contribution in [1.29, 1.82) is 5.26 Å². The molecule has 2 saturated heterocycles. The molecule has 3 aliphatic rings. The molecule has 0 bridgehead atoms. The Bertz CT molecular complexity index is 1640. The SMILES string of the molecule is COc1ccc(NC(=O)C2CN(c3ccc(-c4cc(OC5CC6CN(C)CC6C5)cn5ncc(C#N)c45)cn3)C2)cn1. The van der Waals surface area contributed by atoms with Crippen LogP contribution >= 0.6 is 0 Å². The summed E-state index contributed by atoms with van der Waals surface area (Å²) in [5.74, 6) is 3.26. The third-order valence-corrected chi connectivity index (χ3v) is 8.75. The van der Waals surface area contributed by atoms with Crippen LogP contribution in [0.1, 0.15) is 18.4 Å². The maximum absolute atomic E-state index is 12.7. The van der Waals surface area contributed by atoms with Crippen molar-refractivity contribution in [3.63, 3.8) is 0 Å². The van der Waals surface area contributed by atoms with Crippen LogP contribution < -0.4 is 19.7 Å². The lowest BCUT2D eigenvalue weighted by molar-refractivity contribution is -0.120. The first-order valence-corrected chi connectivity index (χ1v) is 14.3. The van der Waals surface area contributed by atoms with Crippen molar-refractivity contribution in [1.82, 2.24) is 24.5 Å². The third kappa shape index (κ3) is 4.88. The molecule has 11 nitrogen and oxygen atoms in total. The molecule has 4 aromatic heterocycles. The number of anilines is 2. The Morgan fingerprint density at radius 3 is 2.52 bits per heavy atom. The molecule has 11 heteroatoms. The van der Waals surface area contributed by atoms with E-state index in [1.165, 1.54) is 0 Å². The van der Waals surface area contributed by atoms with Gasteiger partial charge in [-0.15, -0.1) is 0 Å². The molecule has 3 fully saturated rings. The molecule has 1 saturated carbocycles. The van der Waals surface area contributed by atoms with Crippen molar-refractivity contribution in [2.24, 2.45) is 17.8 Å². The van der Waals surface area contributed by atoms with Crippen molar-refractivity contribution in [3.05, 3.63) is 60.7 Å². The molecule has 1 N–H and O–H groups in total. The highest BCUT2D eigenvalue weighted by Crippen LogP contribution is 2.40. The molecular weight excluding hydrogens is 532 g/mol. The van der Waals surface area contributed by atoms with Crippen LogP contribution in [0.2, 0.25) is 0 Å². The predicted molar refractivity (Wildman–Crippen MR) is 156 cm³/mol. The van der Waals surface area contributed by atoms with Crippen molar-refractivity contribution in [3.8, 4) is 28.8 Å². The summed E-state index contributed by atoms with van der Waals surface area (Å²) in [6, 6.07) is 11.7. The van der Waals surface area contributed by atoms with E-state index in [1.54, 1.807) is 36.2 Å². The van der Waals surface area contributed by atoms with Gasteiger partial charge in [0.1, 0.15) is 17.6 Å². The van der Waals surface area contributed by atoms with Crippen LogP contribution in [0.5, 0.6) is 11.6 Å². The van der Waals surface area contributed by atoms with Crippen LogP contribution in [0.25, 0.3) is 16.6 Å². The van der Waals surface area contributed by atoms with Gasteiger partial charge in [-0.05, 0) is 56.0 Å². The number of nitrogens with one attached hydrogen (secondary N) is 1. The number of nitriles is 1. The highest BCUT2D eigenvalue weighted by Gasteiger charge is 2.40. The van der Waals surface area contributed by atoms with E-state index in [1.807, 2.05) is 30.6 Å². The molecule has 42 heavy (non-hydrogen) atoms. The van der Waals surface area contributed by atoms with E-state index < -0.39 is 0 Å². The topological polar surface area (TPSA) is 121 Å². The molecule has 1 amide bonds. The number of fused-ring (bicyclic) bond motifs is 2. The average Bonchev–Trinajstić information content (AvgIpc) is 3.65. The number of carbonyl (C=O) groups excluding carboxylic acids is 1. The molecule has 6 heterocycles. The van der Waals surface area contributed by atoms with E-state index in [-0.39, 0.29) is 17.9 Å². The third-order valence-electron chi connectivity index (χ3n) is 8.75. The molecule has 0 aromatic carbocycles. The number of amides is 1. The van der Waals surface area contributed by atoms with Gasteiger partial charge in [0.15, 0.2) is 0 Å². The second-order valence-corrected chi connectivity index (χ2v) is 11.6. The molecule has 2 unspecified atom stereocenters. The van der Waals surface area contributed by atoms with Gasteiger partial charge in [0.2, 0.25) is 11.8 Å². The van der Waals surface area contributed by atoms with Gasteiger partial charge in [0.05, 0.1) is 54.5 Å². The minimum absolute atomic E-state index is 0.0447. The Morgan fingerprint density at radius 1 is 1.05 bits per heavy atom. The van der Waals surface area contributed by atoms with Crippen molar-refractivity contribution in [2.45, 2.75) is 18.9 Å². The predicted octanol–water partition coefficient (Wildman–Crippen LogP) is 3.47. The highest BCUT2D eigenvalue weighted by atomic mass is 16.5. The minimum Gasteiger partial charge on any atom is -0.489 e. The van der Waals surface area contributed by atoms with E-state index in [0.717, 1.165) is 54.1 Å². The average molecular weight is 565 g/mol. The molecule has 1 aliphatic carbocycles. The molecule has 2 atom stereocenters. The number of pyridine rings is 3. The zero-order chi connectivity index (χ0) is 28.8. The smallest absolute Gasteiger partial charge is 0.231 e. The fourth-order valence-electron chi connectivity index (χ4n) is 6.61. The Kier molecular flexibility index (Phi) is 6.63. The lowest BCUT2D eigenvalue weighted by Gasteiger charge is -2.39. The normalized spacial score (nSPS) is 22.0. The molecule has 214 valence electrons. The van der Waals surface area contributed by atoms with E-state index in [9.17, 15) is 10.1 Å². The van der Waals surface area contributed by atoms with Crippen molar-refractivity contribution >= 4 is 22.9 Å². The number of nitrogens with zero attached hydrogens (tertiary/aromatic N) is 7. The Morgan fingerprint density at radius 2 is 1.86 bits per heavy atom. The first-order valence-electron chi connectivity index (χ1n) is 14.3. The van der Waals surface area contributed by atoms with Crippen LogP contribution in [0.4, 0.5) is 11.5 Å². The number of ether oxygens (including phenoxy) is 2. The van der Waals surface area contributed by atoms with E-state index in [2.05, 4.69) is 38.3 Å². The van der Waals surface area contributed by atoms with Gasteiger partial charge in [-0.1, -0.05) is 0 Å². The quantitative estimate of drug-likeness (QED) is 0.360. The summed E-state index contributed by atoms with van der Waals surface area (Å²) in [6.07, 6.45) is 9.17. The summed E-state index contributed by atoms with van der Waals surface area (Å²) in [6.45, 7) is 3.44. The zero-order valence-corrected chi connectivity index (χ0v) is 23.6. The molecule has 7 rings (SSSR count). The summed E-state index contributed by atoms with van der Waals surface area (Å²) in [7, 11) is 3.74. The van der Waals surface area contributed by atoms with Crippen LogP contribution in [0.3, 0.4) is 0 Å². The second kappa shape index (κ2) is 10.6. The number of hydrogen-bond acceptors (Lipinski definition) is 9. The summed E-state index contributed by atoms with van der Waals surface area (Å²) in [4.78, 5) is 26.0. The van der Waals surface area contributed by atoms with Crippen LogP contribution in [-0.4, -0.2) is 76.8 Å². The lowest BCUT2D eigenvalue weighted by atomic mass is 9.98. The Hall–Kier alpha value is -4.69. The maximum atomic E-state index is 12.7. The van der Waals surface area contributed by atoms with Gasteiger partial charge < -0.3 is 24.6 Å². The summed E-state index contributed by atoms with van der Waals surface area (Å²) >= 11 is 0. The zero-order valence-electron chi connectivity index (χ0n) is 23.6. The van der Waals surface area contributed by atoms with Crippen LogP contribution in [0, 0.1) is 29.1 Å². The standard InChI is InChI=1S/C31H32N8O3/c1-37-14-20-7-25(8-21(20)15-37)42-26-9-27(30-22(10-32)12-35-39(30)18-26)19-3-5-28(33-11-19)38-16-23(17-38)31(40)36-24-4-6-29(41-2)34-13-24/h3-6,9,11-13,18,20-21,23,25H,7-8,14-17H2,1-2H3,(H,36,40). The summed E-state index contributed by atoms with van der Waals surface area (Å²) in [5, 5.41) is 17.1. The van der Waals surface area contributed by atoms with Gasteiger partial charge in [0, 0.05) is 49.6 Å². The molecular formula is C31H32N8O3. The molecule has 2 aliphatic heterocycles. The Balaban J connectivity index is 1.05. The van der Waals surface area contributed by atoms with E-state index in [4.69, 9.17) is 14.5 Å². The van der Waals surface area contributed by atoms with Crippen LogP contribution in [-0.2, 0) is 4.79 Å². The molecule has 0 radical (unpaired) electrons. The molecule has 4 aromatic rings.